The summed E-state index contributed by atoms with van der Waals surface area (Å²) >= 11 is 0. The molecule has 4 N–H and O–H groups in total. The summed E-state index contributed by atoms with van der Waals surface area (Å²) in [6.07, 6.45) is 0.314. The standard InChI is InChI=1S/C8H9N3O/c9-4-3-6-1-2-8(12)7(5-6)11-10/h1-2,5,11-12H,3,10H2. The molecule has 0 saturated heterocycles. The van der Waals surface area contributed by atoms with Crippen LogP contribution in [0.4, 0.5) is 5.69 Å². The van der Waals surface area contributed by atoms with Gasteiger partial charge in [0, 0.05) is 0 Å². The number of hydrogen-bond donors (Lipinski definition) is 3. The van der Waals surface area contributed by atoms with Crippen LogP contribution in [0.5, 0.6) is 5.75 Å². The highest BCUT2D eigenvalue weighted by Gasteiger charge is 1.99. The van der Waals surface area contributed by atoms with Gasteiger partial charge in [-0.25, -0.2) is 0 Å². The van der Waals surface area contributed by atoms with Gasteiger partial charge in [0.05, 0.1) is 18.2 Å². The van der Waals surface area contributed by atoms with Crippen LogP contribution in [-0.2, 0) is 6.42 Å². The Morgan fingerprint density at radius 1 is 1.58 bits per heavy atom. The molecule has 0 unspecified atom stereocenters. The van der Waals surface area contributed by atoms with E-state index in [2.05, 4.69) is 5.43 Å². The van der Waals surface area contributed by atoms with Crippen molar-refractivity contribution in [2.45, 2.75) is 6.42 Å². The number of phenolic OH excluding ortho intramolecular Hbond substituents is 1. The molecule has 0 aliphatic carbocycles. The zero-order valence-electron chi connectivity index (χ0n) is 6.41. The van der Waals surface area contributed by atoms with E-state index in [1.807, 2.05) is 6.07 Å². The molecular weight excluding hydrogens is 154 g/mol. The van der Waals surface area contributed by atoms with Gasteiger partial charge in [0.25, 0.3) is 0 Å². The maximum Gasteiger partial charge on any atom is 0.140 e. The Morgan fingerprint density at radius 3 is 2.92 bits per heavy atom. The maximum atomic E-state index is 9.18. The van der Waals surface area contributed by atoms with Crippen molar-refractivity contribution < 1.29 is 5.11 Å². The Morgan fingerprint density at radius 2 is 2.33 bits per heavy atom. The number of aromatic hydroxyl groups is 1. The van der Waals surface area contributed by atoms with Crippen LogP contribution in [0.1, 0.15) is 5.56 Å². The Kier molecular flexibility index (Phi) is 2.51. The summed E-state index contributed by atoms with van der Waals surface area (Å²) in [5.41, 5.74) is 3.59. The van der Waals surface area contributed by atoms with Gasteiger partial charge in [0.15, 0.2) is 0 Å². The highest BCUT2D eigenvalue weighted by atomic mass is 16.3. The molecule has 0 spiro atoms. The summed E-state index contributed by atoms with van der Waals surface area (Å²) in [4.78, 5) is 0. The Balaban J connectivity index is 2.98. The van der Waals surface area contributed by atoms with Gasteiger partial charge in [0.2, 0.25) is 0 Å². The number of nitriles is 1. The number of anilines is 1. The van der Waals surface area contributed by atoms with Crippen molar-refractivity contribution in [1.29, 1.82) is 5.26 Å². The Bertz CT molecular complexity index is 317. The van der Waals surface area contributed by atoms with E-state index in [0.29, 0.717) is 12.1 Å². The lowest BCUT2D eigenvalue weighted by molar-refractivity contribution is 0.477. The first-order valence-corrected chi connectivity index (χ1v) is 3.43. The first-order valence-electron chi connectivity index (χ1n) is 3.43. The molecule has 0 radical (unpaired) electrons. The fourth-order valence-corrected chi connectivity index (χ4v) is 0.900. The molecule has 0 amide bonds. The third-order valence-electron chi connectivity index (χ3n) is 1.50. The SMILES string of the molecule is N#CCc1ccc(O)c(NN)c1. The molecule has 0 aromatic heterocycles. The number of nitrogens with two attached hydrogens (primary N) is 1. The van der Waals surface area contributed by atoms with Crippen LogP contribution in [0.2, 0.25) is 0 Å². The highest BCUT2D eigenvalue weighted by molar-refractivity contribution is 5.56. The minimum atomic E-state index is 0.0826. The van der Waals surface area contributed by atoms with E-state index < -0.39 is 0 Å². The van der Waals surface area contributed by atoms with Crippen LogP contribution < -0.4 is 11.3 Å². The van der Waals surface area contributed by atoms with E-state index >= 15 is 0 Å². The summed E-state index contributed by atoms with van der Waals surface area (Å²) in [5.74, 6) is 5.21. The lowest BCUT2D eigenvalue weighted by Gasteiger charge is -2.03. The number of phenols is 1. The number of nitrogen functional groups attached to an aromatic ring is 1. The zero-order chi connectivity index (χ0) is 8.97. The van der Waals surface area contributed by atoms with Crippen molar-refractivity contribution in [1.82, 2.24) is 0 Å². The quantitative estimate of drug-likeness (QED) is 0.341. The minimum Gasteiger partial charge on any atom is -0.506 e. The molecule has 0 atom stereocenters. The smallest absolute Gasteiger partial charge is 0.140 e. The second-order valence-electron chi connectivity index (χ2n) is 2.33. The van der Waals surface area contributed by atoms with Crippen LogP contribution in [-0.4, -0.2) is 5.11 Å². The van der Waals surface area contributed by atoms with Gasteiger partial charge in [0.1, 0.15) is 5.75 Å². The number of hydrogen-bond acceptors (Lipinski definition) is 4. The van der Waals surface area contributed by atoms with Gasteiger partial charge in [-0.1, -0.05) is 6.07 Å². The predicted octanol–water partition coefficient (Wildman–Crippen LogP) is 0.744. The third-order valence-corrected chi connectivity index (χ3v) is 1.50. The monoisotopic (exact) mass is 163 g/mol. The lowest BCUT2D eigenvalue weighted by Crippen LogP contribution is -2.07. The number of rotatable bonds is 2. The van der Waals surface area contributed by atoms with Crippen LogP contribution in [0.25, 0.3) is 0 Å². The van der Waals surface area contributed by atoms with Gasteiger partial charge in [-0.15, -0.1) is 0 Å². The zero-order valence-corrected chi connectivity index (χ0v) is 6.41. The van der Waals surface area contributed by atoms with Crippen molar-refractivity contribution >= 4 is 5.69 Å². The molecule has 1 rings (SSSR count). The van der Waals surface area contributed by atoms with Gasteiger partial charge in [-0.3, -0.25) is 5.84 Å². The highest BCUT2D eigenvalue weighted by Crippen LogP contribution is 2.22. The fourth-order valence-electron chi connectivity index (χ4n) is 0.900. The van der Waals surface area contributed by atoms with E-state index in [-0.39, 0.29) is 5.75 Å². The van der Waals surface area contributed by atoms with E-state index in [9.17, 15) is 5.11 Å². The molecule has 4 heteroatoms. The van der Waals surface area contributed by atoms with E-state index in [1.165, 1.54) is 6.07 Å². The van der Waals surface area contributed by atoms with E-state index in [0.717, 1.165) is 5.56 Å². The van der Waals surface area contributed by atoms with E-state index in [1.54, 1.807) is 12.1 Å². The lowest BCUT2D eigenvalue weighted by atomic mass is 10.1. The first-order chi connectivity index (χ1) is 5.77. The first kappa shape index (κ1) is 8.37. The number of nitrogens with zero attached hydrogens (tertiary/aromatic N) is 1. The van der Waals surface area contributed by atoms with Crippen LogP contribution in [0.15, 0.2) is 18.2 Å². The van der Waals surface area contributed by atoms with Gasteiger partial charge in [-0.05, 0) is 17.7 Å². The fraction of sp³-hybridized carbons (Fsp3) is 0.125. The van der Waals surface area contributed by atoms with Crippen LogP contribution >= 0.6 is 0 Å². The molecule has 0 fully saturated rings. The molecule has 0 bridgehead atoms. The van der Waals surface area contributed by atoms with E-state index in [4.69, 9.17) is 11.1 Å². The predicted molar refractivity (Wildman–Crippen MR) is 45.2 cm³/mol. The molecule has 1 aromatic rings. The van der Waals surface area contributed by atoms with Crippen molar-refractivity contribution in [3.05, 3.63) is 23.8 Å². The van der Waals surface area contributed by atoms with Crippen molar-refractivity contribution in [2.24, 2.45) is 5.84 Å². The molecule has 4 nitrogen and oxygen atoms in total. The molecule has 12 heavy (non-hydrogen) atoms. The molecule has 1 aromatic carbocycles. The second-order valence-corrected chi connectivity index (χ2v) is 2.33. The minimum absolute atomic E-state index is 0.0826. The Labute approximate surface area is 70.2 Å². The number of benzene rings is 1. The van der Waals surface area contributed by atoms with Crippen molar-refractivity contribution in [2.75, 3.05) is 5.43 Å². The van der Waals surface area contributed by atoms with Gasteiger partial charge >= 0.3 is 0 Å². The van der Waals surface area contributed by atoms with Gasteiger partial charge in [-0.2, -0.15) is 5.26 Å². The molecule has 0 heterocycles. The summed E-state index contributed by atoms with van der Waals surface area (Å²) < 4.78 is 0. The topological polar surface area (TPSA) is 82.1 Å². The number of nitrogens with one attached hydrogen (secondary N) is 1. The summed E-state index contributed by atoms with van der Waals surface area (Å²) in [6.45, 7) is 0. The largest absolute Gasteiger partial charge is 0.506 e. The Hall–Kier alpha value is -1.73. The average molecular weight is 163 g/mol. The molecule has 0 aliphatic rings. The third kappa shape index (κ3) is 1.65. The number of hydrazine groups is 1. The average Bonchev–Trinajstić information content (AvgIpc) is 2.09. The normalized spacial score (nSPS) is 9.00. The van der Waals surface area contributed by atoms with Crippen molar-refractivity contribution in [3.8, 4) is 11.8 Å². The van der Waals surface area contributed by atoms with Crippen LogP contribution in [0.3, 0.4) is 0 Å². The molecule has 0 saturated carbocycles. The second kappa shape index (κ2) is 3.60. The maximum absolute atomic E-state index is 9.18. The summed E-state index contributed by atoms with van der Waals surface area (Å²) in [6, 6.07) is 6.82. The van der Waals surface area contributed by atoms with Gasteiger partial charge < -0.3 is 10.5 Å². The van der Waals surface area contributed by atoms with Crippen LogP contribution in [0, 0.1) is 11.3 Å². The molecular formula is C8H9N3O. The summed E-state index contributed by atoms with van der Waals surface area (Å²) in [7, 11) is 0. The van der Waals surface area contributed by atoms with Crippen molar-refractivity contribution in [3.63, 3.8) is 0 Å². The summed E-state index contributed by atoms with van der Waals surface area (Å²) in [5, 5.41) is 17.6. The molecule has 0 aliphatic heterocycles. The molecule has 62 valence electrons.